The van der Waals surface area contributed by atoms with Crippen LogP contribution >= 0.6 is 0 Å². The van der Waals surface area contributed by atoms with Crippen molar-refractivity contribution >= 4 is 32.2 Å². The first kappa shape index (κ1) is 21.0. The van der Waals surface area contributed by atoms with Crippen molar-refractivity contribution < 1.29 is 45.7 Å². The number of carbonyl (C=O) groups is 2. The van der Waals surface area contributed by atoms with Crippen LogP contribution in [0.15, 0.2) is 29.2 Å². The van der Waals surface area contributed by atoms with E-state index in [-0.39, 0.29) is 4.90 Å². The molecule has 0 aliphatic carbocycles. The molecule has 1 aromatic carbocycles. The lowest BCUT2D eigenvalue weighted by molar-refractivity contribution is -0.143. The lowest BCUT2D eigenvalue weighted by Crippen LogP contribution is -2.31. The summed E-state index contributed by atoms with van der Waals surface area (Å²) in [6.45, 7) is 1.63. The van der Waals surface area contributed by atoms with Crippen LogP contribution in [-0.2, 0) is 29.8 Å². The molecular weight excluding hydrogens is 356 g/mol. The van der Waals surface area contributed by atoms with Gasteiger partial charge in [-0.25, -0.2) is 0 Å². The van der Waals surface area contributed by atoms with Gasteiger partial charge in [0.1, 0.15) is 0 Å². The van der Waals surface area contributed by atoms with Crippen LogP contribution in [0.4, 0.5) is 0 Å². The highest BCUT2D eigenvalue weighted by molar-refractivity contribution is 7.87. The maximum Gasteiger partial charge on any atom is 0.325 e. The first-order chi connectivity index (χ1) is 10.3. The Bertz CT molecular complexity index is 779. The van der Waals surface area contributed by atoms with E-state index in [1.54, 1.807) is 25.1 Å². The van der Waals surface area contributed by atoms with Crippen LogP contribution in [0, 0.1) is 6.92 Å². The first-order valence-corrected chi connectivity index (χ1v) is 8.65. The zero-order valence-electron chi connectivity index (χ0n) is 11.6. The summed E-state index contributed by atoms with van der Waals surface area (Å²) in [5.74, 6) is -3.50. The van der Waals surface area contributed by atoms with Crippen molar-refractivity contribution in [2.75, 3.05) is 0 Å². The van der Waals surface area contributed by atoms with Crippen LogP contribution < -0.4 is 0 Å². The van der Waals surface area contributed by atoms with Crippen LogP contribution in [0.3, 0.4) is 0 Å². The number of benzene rings is 1. The van der Waals surface area contributed by atoms with E-state index in [2.05, 4.69) is 0 Å². The highest BCUT2D eigenvalue weighted by atomic mass is 32.2. The summed E-state index contributed by atoms with van der Waals surface area (Å²) >= 11 is 0. The van der Waals surface area contributed by atoms with Crippen molar-refractivity contribution in [2.24, 2.45) is 0 Å². The molecule has 0 radical (unpaired) electrons. The van der Waals surface area contributed by atoms with Crippen LogP contribution in [-0.4, -0.2) is 53.3 Å². The number of aryl methyl sites for hydroxylation is 1. The van der Waals surface area contributed by atoms with Gasteiger partial charge in [0.25, 0.3) is 20.2 Å². The summed E-state index contributed by atoms with van der Waals surface area (Å²) in [6.07, 6.45) is -1.16. The molecule has 0 saturated heterocycles. The van der Waals surface area contributed by atoms with E-state index in [0.717, 1.165) is 0 Å². The lowest BCUT2D eigenvalue weighted by atomic mass is 10.2. The van der Waals surface area contributed by atoms with E-state index in [4.69, 9.17) is 19.3 Å². The number of hydrogen-bond donors (Lipinski definition) is 4. The van der Waals surface area contributed by atoms with Crippen molar-refractivity contribution in [2.45, 2.75) is 23.5 Å². The molecule has 0 saturated carbocycles. The van der Waals surface area contributed by atoms with Crippen molar-refractivity contribution in [3.05, 3.63) is 29.8 Å². The van der Waals surface area contributed by atoms with E-state index < -0.39 is 43.8 Å². The number of aliphatic carboxylic acids is 2. The molecule has 0 bridgehead atoms. The molecule has 0 aliphatic rings. The molecule has 4 N–H and O–H groups in total. The summed E-state index contributed by atoms with van der Waals surface area (Å²) < 4.78 is 58.5. The van der Waals surface area contributed by atoms with Gasteiger partial charge >= 0.3 is 11.9 Å². The summed E-state index contributed by atoms with van der Waals surface area (Å²) in [7, 11) is -8.87. The molecule has 0 amide bonds. The fourth-order valence-corrected chi connectivity index (χ4v) is 2.66. The Hall–Kier alpha value is -2.02. The van der Waals surface area contributed by atoms with E-state index >= 15 is 0 Å². The summed E-state index contributed by atoms with van der Waals surface area (Å²) in [4.78, 5) is 20.0. The minimum absolute atomic E-state index is 0.0278. The van der Waals surface area contributed by atoms with Crippen LogP contribution in [0.25, 0.3) is 0 Å². The van der Waals surface area contributed by atoms with E-state index in [0.29, 0.717) is 5.56 Å². The van der Waals surface area contributed by atoms with Gasteiger partial charge < -0.3 is 10.2 Å². The van der Waals surface area contributed by atoms with Gasteiger partial charge in [0.2, 0.25) is 0 Å². The second-order valence-corrected chi connectivity index (χ2v) is 7.17. The minimum atomic E-state index is -4.84. The fraction of sp³-hybridized carbons (Fsp3) is 0.273. The number of hydrogen-bond acceptors (Lipinski definition) is 6. The second-order valence-electron chi connectivity index (χ2n) is 4.18. The molecule has 1 unspecified atom stereocenters. The normalized spacial score (nSPS) is 12.7. The molecule has 1 atom stereocenters. The van der Waals surface area contributed by atoms with Crippen molar-refractivity contribution in [3.8, 4) is 0 Å². The quantitative estimate of drug-likeness (QED) is 0.516. The predicted molar refractivity (Wildman–Crippen MR) is 76.2 cm³/mol. The molecule has 1 aromatic rings. The molecule has 130 valence electrons. The van der Waals surface area contributed by atoms with Gasteiger partial charge in [-0.1, -0.05) is 18.2 Å². The van der Waals surface area contributed by atoms with E-state index in [1.165, 1.54) is 6.07 Å². The molecule has 23 heavy (non-hydrogen) atoms. The second kappa shape index (κ2) is 8.01. The van der Waals surface area contributed by atoms with Crippen molar-refractivity contribution in [1.82, 2.24) is 0 Å². The Labute approximate surface area is 131 Å². The molecule has 0 aliphatic heterocycles. The van der Waals surface area contributed by atoms with E-state index in [1.807, 2.05) is 0 Å². The van der Waals surface area contributed by atoms with E-state index in [9.17, 15) is 26.4 Å². The standard InChI is InChI=1S/C7H8O3S.C4H6O7S/c1-6-4-2-3-5-7(6)11(8,9)10;5-3(6)1-2(4(7)8)12(9,10)11/h2-5H,1H3,(H,8,9,10);2H,1H2,(H,5,6)(H,7,8)(H,9,10,11). The highest BCUT2D eigenvalue weighted by Gasteiger charge is 2.33. The molecule has 1 rings (SSSR count). The smallest absolute Gasteiger partial charge is 0.325 e. The molecular formula is C11H14O10S2. The topological polar surface area (TPSA) is 183 Å². The van der Waals surface area contributed by atoms with Gasteiger partial charge in [-0.15, -0.1) is 0 Å². The van der Waals surface area contributed by atoms with Gasteiger partial charge in [0, 0.05) is 0 Å². The van der Waals surface area contributed by atoms with Gasteiger partial charge in [0.05, 0.1) is 11.3 Å². The van der Waals surface area contributed by atoms with Crippen LogP contribution in [0.5, 0.6) is 0 Å². The summed E-state index contributed by atoms with van der Waals surface area (Å²) in [6, 6.07) is 6.27. The lowest BCUT2D eigenvalue weighted by Gasteiger charge is -2.04. The summed E-state index contributed by atoms with van der Waals surface area (Å²) in [5, 5.41) is 13.9. The molecule has 12 heteroatoms. The van der Waals surface area contributed by atoms with Crippen LogP contribution in [0.2, 0.25) is 0 Å². The Balaban J connectivity index is 0.000000422. The SMILES string of the molecule is Cc1ccccc1S(=O)(=O)O.O=C(O)CC(C(=O)O)S(=O)(=O)O. The third-order valence-corrected chi connectivity index (χ3v) is 4.47. The third-order valence-electron chi connectivity index (χ3n) is 2.37. The van der Waals surface area contributed by atoms with Gasteiger partial charge in [-0.2, -0.15) is 16.8 Å². The van der Waals surface area contributed by atoms with Crippen molar-refractivity contribution in [1.29, 1.82) is 0 Å². The Morgan fingerprint density at radius 1 is 1.04 bits per heavy atom. The number of rotatable bonds is 5. The van der Waals surface area contributed by atoms with Gasteiger partial charge in [-0.3, -0.25) is 18.7 Å². The Morgan fingerprint density at radius 2 is 1.52 bits per heavy atom. The largest absolute Gasteiger partial charge is 0.481 e. The minimum Gasteiger partial charge on any atom is -0.481 e. The fourth-order valence-electron chi connectivity index (χ4n) is 1.32. The molecule has 10 nitrogen and oxygen atoms in total. The third kappa shape index (κ3) is 7.69. The average molecular weight is 370 g/mol. The molecule has 0 aromatic heterocycles. The Kier molecular flexibility index (Phi) is 7.30. The molecule has 0 fully saturated rings. The van der Waals surface area contributed by atoms with Crippen molar-refractivity contribution in [3.63, 3.8) is 0 Å². The predicted octanol–water partition coefficient (Wildman–Crippen LogP) is 0.0438. The van der Waals surface area contributed by atoms with Gasteiger partial charge in [0.15, 0.2) is 5.25 Å². The highest BCUT2D eigenvalue weighted by Crippen LogP contribution is 2.12. The summed E-state index contributed by atoms with van der Waals surface area (Å²) in [5.41, 5.74) is 0.551. The molecule has 0 spiro atoms. The Morgan fingerprint density at radius 3 is 1.74 bits per heavy atom. The number of carboxylic acid groups (broad SMARTS) is 2. The maximum absolute atomic E-state index is 10.6. The average Bonchev–Trinajstić information content (AvgIpc) is 2.34. The van der Waals surface area contributed by atoms with Crippen LogP contribution in [0.1, 0.15) is 12.0 Å². The molecule has 0 heterocycles. The monoisotopic (exact) mass is 370 g/mol. The zero-order valence-corrected chi connectivity index (χ0v) is 13.3. The maximum atomic E-state index is 10.6. The first-order valence-electron chi connectivity index (χ1n) is 5.70. The number of carboxylic acids is 2. The van der Waals surface area contributed by atoms with Gasteiger partial charge in [-0.05, 0) is 18.6 Å². The zero-order chi connectivity index (χ0) is 18.4.